The maximum absolute atomic E-state index is 5.17. The lowest BCUT2D eigenvalue weighted by molar-refractivity contribution is 0.400. The van der Waals surface area contributed by atoms with Crippen LogP contribution in [0, 0.1) is 0 Å². The van der Waals surface area contributed by atoms with Crippen LogP contribution in [0.5, 0.6) is 0 Å². The van der Waals surface area contributed by atoms with Crippen LogP contribution in [0.3, 0.4) is 0 Å². The zero-order valence-electron chi connectivity index (χ0n) is 10.9. The molecule has 0 radical (unpaired) electrons. The maximum atomic E-state index is 5.17. The lowest BCUT2D eigenvalue weighted by Gasteiger charge is -2.04. The molecule has 0 bridgehead atoms. The fourth-order valence-electron chi connectivity index (χ4n) is 1.54. The largest absolute Gasteiger partial charge is 0.335 e. The molecule has 19 heavy (non-hydrogen) atoms. The first-order chi connectivity index (χ1) is 9.17. The van der Waals surface area contributed by atoms with Crippen molar-refractivity contribution in [3.8, 4) is 0 Å². The molecule has 5 heteroatoms. The van der Waals surface area contributed by atoms with Crippen molar-refractivity contribution in [2.24, 2.45) is 0 Å². The minimum absolute atomic E-state index is 0.334. The molecule has 0 saturated carbocycles. The number of halogens is 1. The van der Waals surface area contributed by atoms with Crippen LogP contribution < -0.4 is 5.32 Å². The van der Waals surface area contributed by atoms with Crippen molar-refractivity contribution >= 4 is 28.1 Å². The Kier molecular flexibility index (Phi) is 4.87. The van der Waals surface area contributed by atoms with Gasteiger partial charge in [0.05, 0.1) is 0 Å². The van der Waals surface area contributed by atoms with Crippen LogP contribution in [0.2, 0.25) is 0 Å². The summed E-state index contributed by atoms with van der Waals surface area (Å²) in [4.78, 5) is 4.32. The van der Waals surface area contributed by atoms with Gasteiger partial charge in [0.2, 0.25) is 0 Å². The summed E-state index contributed by atoms with van der Waals surface area (Å²) >= 11 is 3.40. The van der Waals surface area contributed by atoms with Crippen molar-refractivity contribution in [2.45, 2.75) is 19.4 Å². The molecule has 0 spiro atoms. The smallest absolute Gasteiger partial charge is 0.250 e. The van der Waals surface area contributed by atoms with Gasteiger partial charge in [0.1, 0.15) is 0 Å². The number of nitrogens with zero attached hydrogens (tertiary/aromatic N) is 2. The first kappa shape index (κ1) is 14.0. The van der Waals surface area contributed by atoms with E-state index < -0.39 is 0 Å². The van der Waals surface area contributed by atoms with Gasteiger partial charge in [-0.05, 0) is 37.7 Å². The van der Waals surface area contributed by atoms with Crippen molar-refractivity contribution < 1.29 is 4.52 Å². The maximum Gasteiger partial charge on any atom is 0.250 e. The molecule has 2 rings (SSSR count). The van der Waals surface area contributed by atoms with Crippen LogP contribution in [0.1, 0.15) is 24.2 Å². The van der Waals surface area contributed by atoms with Gasteiger partial charge in [0, 0.05) is 23.0 Å². The van der Waals surface area contributed by atoms with Gasteiger partial charge < -0.3 is 9.84 Å². The van der Waals surface area contributed by atoms with E-state index in [9.17, 15) is 0 Å². The summed E-state index contributed by atoms with van der Waals surface area (Å²) in [7, 11) is 1.92. The monoisotopic (exact) mass is 321 g/mol. The van der Waals surface area contributed by atoms with Gasteiger partial charge in [-0.25, -0.2) is 0 Å². The van der Waals surface area contributed by atoms with E-state index in [-0.39, 0.29) is 0 Å². The number of hydrogen-bond donors (Lipinski definition) is 1. The van der Waals surface area contributed by atoms with E-state index >= 15 is 0 Å². The number of rotatable bonds is 5. The molecule has 100 valence electrons. The third-order valence-corrected chi connectivity index (χ3v) is 3.28. The van der Waals surface area contributed by atoms with Crippen LogP contribution in [-0.2, 0) is 6.42 Å². The van der Waals surface area contributed by atoms with E-state index in [1.54, 1.807) is 0 Å². The van der Waals surface area contributed by atoms with Crippen molar-refractivity contribution in [2.75, 3.05) is 7.05 Å². The molecule has 2 aromatic rings. The highest BCUT2D eigenvalue weighted by Gasteiger charge is 2.07. The highest BCUT2D eigenvalue weighted by Crippen LogP contribution is 2.13. The van der Waals surface area contributed by atoms with Gasteiger partial charge in [0.15, 0.2) is 5.82 Å². The first-order valence-corrected chi connectivity index (χ1v) is 6.90. The van der Waals surface area contributed by atoms with E-state index in [0.29, 0.717) is 11.9 Å². The molecule has 1 N–H and O–H groups in total. The normalized spacial score (nSPS) is 13.0. The third kappa shape index (κ3) is 4.29. The zero-order valence-corrected chi connectivity index (χ0v) is 12.5. The minimum atomic E-state index is 0.334. The van der Waals surface area contributed by atoms with Gasteiger partial charge in [-0.1, -0.05) is 33.2 Å². The number of likely N-dealkylation sites (N-methyl/N-ethyl adjacent to an activating group) is 1. The molecule has 0 aliphatic carbocycles. The van der Waals surface area contributed by atoms with E-state index in [1.165, 1.54) is 0 Å². The molecule has 0 aliphatic rings. The highest BCUT2D eigenvalue weighted by atomic mass is 79.9. The van der Waals surface area contributed by atoms with Gasteiger partial charge in [-0.3, -0.25) is 0 Å². The second-order valence-electron chi connectivity index (χ2n) is 4.33. The quantitative estimate of drug-likeness (QED) is 0.919. The lowest BCUT2D eigenvalue weighted by atomic mass is 10.2. The van der Waals surface area contributed by atoms with E-state index in [1.807, 2.05) is 43.5 Å². The van der Waals surface area contributed by atoms with Crippen LogP contribution >= 0.6 is 15.9 Å². The first-order valence-electron chi connectivity index (χ1n) is 6.11. The molecule has 1 aromatic heterocycles. The van der Waals surface area contributed by atoms with Gasteiger partial charge >= 0.3 is 0 Å². The third-order valence-electron chi connectivity index (χ3n) is 2.75. The molecular formula is C14H16BrN3O. The van der Waals surface area contributed by atoms with Crippen LogP contribution in [0.4, 0.5) is 0 Å². The van der Waals surface area contributed by atoms with E-state index in [2.05, 4.69) is 38.3 Å². The van der Waals surface area contributed by atoms with Crippen molar-refractivity contribution in [3.63, 3.8) is 0 Å². The van der Waals surface area contributed by atoms with Crippen LogP contribution in [0.25, 0.3) is 12.2 Å². The molecule has 1 unspecified atom stereocenters. The van der Waals surface area contributed by atoms with E-state index in [0.717, 1.165) is 22.3 Å². The molecule has 0 saturated heterocycles. The minimum Gasteiger partial charge on any atom is -0.335 e. The Balaban J connectivity index is 2.01. The molecule has 0 fully saturated rings. The molecule has 1 atom stereocenters. The van der Waals surface area contributed by atoms with Crippen molar-refractivity contribution in [1.29, 1.82) is 0 Å². The Hall–Kier alpha value is -1.46. The zero-order chi connectivity index (χ0) is 13.7. The Morgan fingerprint density at radius 1 is 1.32 bits per heavy atom. The fraction of sp³-hybridized carbons (Fsp3) is 0.286. The van der Waals surface area contributed by atoms with Crippen molar-refractivity contribution in [3.05, 3.63) is 46.0 Å². The Labute approximate surface area is 121 Å². The summed E-state index contributed by atoms with van der Waals surface area (Å²) in [6.07, 6.45) is 4.53. The topological polar surface area (TPSA) is 51.0 Å². The highest BCUT2D eigenvalue weighted by molar-refractivity contribution is 9.10. The van der Waals surface area contributed by atoms with Gasteiger partial charge in [-0.2, -0.15) is 4.98 Å². The molecule has 0 amide bonds. The summed E-state index contributed by atoms with van der Waals surface area (Å²) in [5, 5.41) is 7.09. The predicted molar refractivity (Wildman–Crippen MR) is 79.6 cm³/mol. The lowest BCUT2D eigenvalue weighted by Crippen LogP contribution is -2.24. The summed E-state index contributed by atoms with van der Waals surface area (Å²) in [5.74, 6) is 1.25. The average Bonchev–Trinajstić information content (AvgIpc) is 2.85. The van der Waals surface area contributed by atoms with Gasteiger partial charge in [0.25, 0.3) is 5.89 Å². The summed E-state index contributed by atoms with van der Waals surface area (Å²) in [6.45, 7) is 2.08. The fourth-order valence-corrected chi connectivity index (χ4v) is 1.80. The van der Waals surface area contributed by atoms with Crippen LogP contribution in [-0.4, -0.2) is 23.2 Å². The Morgan fingerprint density at radius 3 is 2.74 bits per heavy atom. The second-order valence-corrected chi connectivity index (χ2v) is 5.24. The van der Waals surface area contributed by atoms with Gasteiger partial charge in [-0.15, -0.1) is 0 Å². The molecular weight excluding hydrogens is 306 g/mol. The standard InChI is InChI=1S/C14H16BrN3O/c1-10(16-2)9-13-17-14(19-18-13)8-5-11-3-6-12(15)7-4-11/h3-8,10,16H,9H2,1-2H3/b8-5+. The molecule has 0 aliphatic heterocycles. The van der Waals surface area contributed by atoms with Crippen LogP contribution in [0.15, 0.2) is 33.3 Å². The second kappa shape index (κ2) is 6.63. The number of nitrogens with one attached hydrogen (secondary N) is 1. The Bertz CT molecular complexity index is 548. The summed E-state index contributed by atoms with van der Waals surface area (Å²) in [5.41, 5.74) is 1.09. The number of aromatic nitrogens is 2. The molecule has 1 heterocycles. The molecule has 1 aromatic carbocycles. The average molecular weight is 322 g/mol. The summed E-state index contributed by atoms with van der Waals surface area (Å²) in [6, 6.07) is 8.35. The SMILES string of the molecule is CNC(C)Cc1noc(/C=C/c2ccc(Br)cc2)n1. The van der Waals surface area contributed by atoms with Crippen molar-refractivity contribution in [1.82, 2.24) is 15.5 Å². The molecule has 4 nitrogen and oxygen atoms in total. The number of hydrogen-bond acceptors (Lipinski definition) is 4. The predicted octanol–water partition coefficient (Wildman–Crippen LogP) is 3.15. The number of benzene rings is 1. The van der Waals surface area contributed by atoms with E-state index in [4.69, 9.17) is 4.52 Å². The summed E-state index contributed by atoms with van der Waals surface area (Å²) < 4.78 is 6.23. The Morgan fingerprint density at radius 2 is 2.05 bits per heavy atom.